The average molecular weight is 454 g/mol. The third-order valence-corrected chi connectivity index (χ3v) is 5.69. The molecule has 0 fully saturated rings. The highest BCUT2D eigenvalue weighted by atomic mass is 35.5. The number of carbonyl (C=O) groups excluding carboxylic acids is 2. The molecular formula is C21H16ClN5O3S. The van der Waals surface area contributed by atoms with Crippen LogP contribution in [0.5, 0.6) is 0 Å². The average Bonchev–Trinajstić information content (AvgIpc) is 3.10. The van der Waals surface area contributed by atoms with Gasteiger partial charge < -0.3 is 11.1 Å². The summed E-state index contributed by atoms with van der Waals surface area (Å²) in [7, 11) is 0. The molecule has 0 bridgehead atoms. The highest BCUT2D eigenvalue weighted by molar-refractivity contribution is 7.16. The molecule has 0 unspecified atom stereocenters. The minimum absolute atomic E-state index is 0.0712. The molecule has 0 radical (unpaired) electrons. The van der Waals surface area contributed by atoms with Gasteiger partial charge >= 0.3 is 0 Å². The molecule has 0 spiro atoms. The minimum atomic E-state index is -0.784. The Labute approximate surface area is 185 Å². The number of amides is 2. The number of fused-ring (bicyclic) bond motifs is 1. The number of nitrogens with zero attached hydrogens (tertiary/aromatic N) is 3. The van der Waals surface area contributed by atoms with Crippen molar-refractivity contribution < 1.29 is 9.59 Å². The van der Waals surface area contributed by atoms with Crippen LogP contribution >= 0.6 is 22.9 Å². The number of thiazole rings is 1. The second-order valence-corrected chi connectivity index (χ2v) is 8.34. The van der Waals surface area contributed by atoms with Crippen LogP contribution in [0.1, 0.15) is 15.4 Å². The Balaban J connectivity index is 1.60. The summed E-state index contributed by atoms with van der Waals surface area (Å²) in [6, 6.07) is 13.7. The summed E-state index contributed by atoms with van der Waals surface area (Å²) in [4.78, 5) is 42.4. The first-order chi connectivity index (χ1) is 14.8. The lowest BCUT2D eigenvalue weighted by molar-refractivity contribution is -0.117. The van der Waals surface area contributed by atoms with Gasteiger partial charge in [-0.05, 0) is 25.1 Å². The number of nitrogens with one attached hydrogen (secondary N) is 1. The van der Waals surface area contributed by atoms with Gasteiger partial charge in [-0.2, -0.15) is 5.10 Å². The minimum Gasteiger partial charge on any atom is -0.364 e. The van der Waals surface area contributed by atoms with Crippen molar-refractivity contribution >= 4 is 50.7 Å². The third-order valence-electron chi connectivity index (χ3n) is 4.56. The SMILES string of the molecule is Cc1sc(NC(=O)Cn2nc(C(N)=O)c3ccccc3c2=O)nc1-c1ccc(Cl)cc1. The Bertz CT molecular complexity index is 1380. The van der Waals surface area contributed by atoms with Gasteiger partial charge in [-0.25, -0.2) is 9.67 Å². The van der Waals surface area contributed by atoms with Crippen LogP contribution < -0.4 is 16.6 Å². The summed E-state index contributed by atoms with van der Waals surface area (Å²) in [6.45, 7) is 1.50. The number of aromatic nitrogens is 3. The zero-order chi connectivity index (χ0) is 22.1. The lowest BCUT2D eigenvalue weighted by Crippen LogP contribution is -2.32. The van der Waals surface area contributed by atoms with E-state index in [4.69, 9.17) is 17.3 Å². The van der Waals surface area contributed by atoms with E-state index >= 15 is 0 Å². The van der Waals surface area contributed by atoms with Crippen LogP contribution in [-0.2, 0) is 11.3 Å². The molecule has 156 valence electrons. The van der Waals surface area contributed by atoms with Gasteiger partial charge in [0.1, 0.15) is 6.54 Å². The maximum Gasteiger partial charge on any atom is 0.275 e. The van der Waals surface area contributed by atoms with Crippen molar-refractivity contribution in [2.24, 2.45) is 5.73 Å². The Kier molecular flexibility index (Phi) is 5.53. The maximum atomic E-state index is 12.7. The Morgan fingerprint density at radius 3 is 2.48 bits per heavy atom. The fraction of sp³-hybridized carbons (Fsp3) is 0.0952. The van der Waals surface area contributed by atoms with E-state index in [1.165, 1.54) is 11.3 Å². The number of anilines is 1. The van der Waals surface area contributed by atoms with Gasteiger partial charge in [0.2, 0.25) is 5.91 Å². The molecule has 2 aromatic carbocycles. The first-order valence-electron chi connectivity index (χ1n) is 9.16. The number of hydrogen-bond acceptors (Lipinski definition) is 6. The number of aryl methyl sites for hydroxylation is 1. The molecule has 0 atom stereocenters. The molecular weight excluding hydrogens is 438 g/mol. The largest absolute Gasteiger partial charge is 0.364 e. The van der Waals surface area contributed by atoms with Crippen molar-refractivity contribution in [2.45, 2.75) is 13.5 Å². The number of benzene rings is 2. The van der Waals surface area contributed by atoms with E-state index in [9.17, 15) is 14.4 Å². The Morgan fingerprint density at radius 2 is 1.81 bits per heavy atom. The second-order valence-electron chi connectivity index (χ2n) is 6.70. The van der Waals surface area contributed by atoms with Crippen molar-refractivity contribution in [3.05, 3.63) is 74.5 Å². The van der Waals surface area contributed by atoms with E-state index in [1.54, 1.807) is 36.4 Å². The van der Waals surface area contributed by atoms with Crippen LogP contribution in [0.15, 0.2) is 53.3 Å². The van der Waals surface area contributed by atoms with Gasteiger partial charge in [-0.1, -0.05) is 41.9 Å². The van der Waals surface area contributed by atoms with Gasteiger partial charge in [-0.15, -0.1) is 11.3 Å². The molecule has 2 aromatic heterocycles. The number of primary amides is 1. The molecule has 3 N–H and O–H groups in total. The highest BCUT2D eigenvalue weighted by Crippen LogP contribution is 2.31. The van der Waals surface area contributed by atoms with Gasteiger partial charge in [0.05, 0.1) is 11.1 Å². The molecule has 0 saturated heterocycles. The molecule has 0 aliphatic heterocycles. The molecule has 4 rings (SSSR count). The van der Waals surface area contributed by atoms with Crippen molar-refractivity contribution in [3.63, 3.8) is 0 Å². The van der Waals surface area contributed by atoms with E-state index in [2.05, 4.69) is 15.4 Å². The van der Waals surface area contributed by atoms with Crippen LogP contribution in [-0.4, -0.2) is 26.6 Å². The van der Waals surface area contributed by atoms with Crippen molar-refractivity contribution in [1.29, 1.82) is 0 Å². The lowest BCUT2D eigenvalue weighted by Gasteiger charge is -2.09. The summed E-state index contributed by atoms with van der Waals surface area (Å²) in [5, 5.41) is 8.29. The molecule has 0 aliphatic carbocycles. The van der Waals surface area contributed by atoms with E-state index in [1.807, 2.05) is 19.1 Å². The number of carbonyl (C=O) groups is 2. The van der Waals surface area contributed by atoms with Crippen LogP contribution in [0.2, 0.25) is 5.02 Å². The molecule has 8 nitrogen and oxygen atoms in total. The quantitative estimate of drug-likeness (QED) is 0.480. The number of nitrogens with two attached hydrogens (primary N) is 1. The van der Waals surface area contributed by atoms with Crippen LogP contribution in [0.25, 0.3) is 22.0 Å². The van der Waals surface area contributed by atoms with Gasteiger partial charge in [0, 0.05) is 20.8 Å². The maximum absolute atomic E-state index is 12.7. The van der Waals surface area contributed by atoms with Crippen LogP contribution in [0.4, 0.5) is 5.13 Å². The second kappa shape index (κ2) is 8.29. The van der Waals surface area contributed by atoms with E-state index in [-0.39, 0.29) is 11.1 Å². The highest BCUT2D eigenvalue weighted by Gasteiger charge is 2.17. The zero-order valence-corrected chi connectivity index (χ0v) is 17.8. The predicted molar refractivity (Wildman–Crippen MR) is 120 cm³/mol. The lowest BCUT2D eigenvalue weighted by atomic mass is 10.1. The fourth-order valence-electron chi connectivity index (χ4n) is 3.14. The molecule has 0 saturated carbocycles. The van der Waals surface area contributed by atoms with Crippen molar-refractivity contribution in [3.8, 4) is 11.3 Å². The van der Waals surface area contributed by atoms with E-state index in [0.717, 1.165) is 20.8 Å². The molecule has 2 amide bonds. The Morgan fingerprint density at radius 1 is 1.13 bits per heavy atom. The number of halogens is 1. The zero-order valence-electron chi connectivity index (χ0n) is 16.3. The van der Waals surface area contributed by atoms with E-state index < -0.39 is 23.9 Å². The summed E-state index contributed by atoms with van der Waals surface area (Å²) in [5.41, 5.74) is 6.44. The normalized spacial score (nSPS) is 10.9. The van der Waals surface area contributed by atoms with E-state index in [0.29, 0.717) is 15.5 Å². The van der Waals surface area contributed by atoms with Crippen LogP contribution in [0, 0.1) is 6.92 Å². The molecule has 10 heteroatoms. The summed E-state index contributed by atoms with van der Waals surface area (Å²) in [6.07, 6.45) is 0. The molecule has 0 aliphatic rings. The first kappa shape index (κ1) is 20.7. The predicted octanol–water partition coefficient (Wildman–Crippen LogP) is 3.22. The fourth-order valence-corrected chi connectivity index (χ4v) is 4.12. The smallest absolute Gasteiger partial charge is 0.275 e. The molecule has 4 aromatic rings. The topological polar surface area (TPSA) is 120 Å². The Hall–Kier alpha value is -3.56. The third kappa shape index (κ3) is 4.18. The molecule has 31 heavy (non-hydrogen) atoms. The number of hydrogen-bond donors (Lipinski definition) is 2. The van der Waals surface area contributed by atoms with Crippen LogP contribution in [0.3, 0.4) is 0 Å². The summed E-state index contributed by atoms with van der Waals surface area (Å²) >= 11 is 7.24. The standard InChI is InChI=1S/C21H16ClN5O3S/c1-11-17(12-6-8-13(22)9-7-12)25-21(31-11)24-16(28)10-27-20(30)15-5-3-2-4-14(15)18(26-27)19(23)29/h2-9H,10H2,1H3,(H2,23,29)(H,24,25,28). The van der Waals surface area contributed by atoms with Gasteiger partial charge in [0.15, 0.2) is 10.8 Å². The van der Waals surface area contributed by atoms with Gasteiger partial charge in [-0.3, -0.25) is 14.4 Å². The summed E-state index contributed by atoms with van der Waals surface area (Å²) in [5.74, 6) is -1.29. The van der Waals surface area contributed by atoms with Gasteiger partial charge in [0.25, 0.3) is 11.5 Å². The molecule has 2 heterocycles. The van der Waals surface area contributed by atoms with Crippen molar-refractivity contribution in [2.75, 3.05) is 5.32 Å². The monoisotopic (exact) mass is 453 g/mol. The first-order valence-corrected chi connectivity index (χ1v) is 10.4. The number of rotatable bonds is 5. The summed E-state index contributed by atoms with van der Waals surface area (Å²) < 4.78 is 0.929. The van der Waals surface area contributed by atoms with Crippen molar-refractivity contribution in [1.82, 2.24) is 14.8 Å².